The molecule has 0 saturated carbocycles. The second-order valence-corrected chi connectivity index (χ2v) is 6.49. The number of carbonyl (C=O) groups is 2. The van der Waals surface area contributed by atoms with Crippen LogP contribution in [0.5, 0.6) is 5.75 Å². The maximum absolute atomic E-state index is 12.1. The molecule has 0 aliphatic heterocycles. The van der Waals surface area contributed by atoms with Crippen LogP contribution >= 0.6 is 11.6 Å². The largest absolute Gasteiger partial charge is 0.493 e. The third-order valence-electron chi connectivity index (χ3n) is 4.23. The van der Waals surface area contributed by atoms with Gasteiger partial charge in [-0.2, -0.15) is 0 Å². The molecule has 0 unspecified atom stereocenters. The molecule has 0 aliphatic rings. The highest BCUT2D eigenvalue weighted by atomic mass is 35.5. The topological polar surface area (TPSA) is 55.8 Å². The Balaban J connectivity index is 0.000000516. The van der Waals surface area contributed by atoms with Gasteiger partial charge in [-0.1, -0.05) is 62.7 Å². The van der Waals surface area contributed by atoms with Crippen LogP contribution in [-0.2, 0) is 4.74 Å². The van der Waals surface area contributed by atoms with Crippen molar-refractivity contribution >= 4 is 23.4 Å². The molecule has 0 spiro atoms. The van der Waals surface area contributed by atoms with E-state index in [2.05, 4.69) is 25.7 Å². The summed E-state index contributed by atoms with van der Waals surface area (Å²) in [6.45, 7) is 12.0. The van der Waals surface area contributed by atoms with Gasteiger partial charge in [-0.05, 0) is 44.8 Å². The van der Waals surface area contributed by atoms with Crippen molar-refractivity contribution in [2.45, 2.75) is 27.7 Å². The zero-order valence-corrected chi connectivity index (χ0v) is 18.4. The molecule has 6 heteroatoms. The summed E-state index contributed by atoms with van der Waals surface area (Å²) in [4.78, 5) is 26.4. The first-order chi connectivity index (χ1) is 14.0. The van der Waals surface area contributed by atoms with Crippen LogP contribution in [0.1, 0.15) is 48.4 Å². The van der Waals surface area contributed by atoms with Gasteiger partial charge in [0.2, 0.25) is 0 Å². The molecule has 0 aliphatic carbocycles. The molecule has 2 rings (SSSR count). The van der Waals surface area contributed by atoms with Gasteiger partial charge in [0.1, 0.15) is 11.3 Å². The predicted molar refractivity (Wildman–Crippen MR) is 117 cm³/mol. The third-order valence-corrected chi connectivity index (χ3v) is 4.47. The second kappa shape index (κ2) is 13.7. The van der Waals surface area contributed by atoms with Crippen molar-refractivity contribution in [3.63, 3.8) is 0 Å². The second-order valence-electron chi connectivity index (χ2n) is 6.06. The van der Waals surface area contributed by atoms with Crippen molar-refractivity contribution in [2.24, 2.45) is 0 Å². The lowest BCUT2D eigenvalue weighted by Crippen LogP contribution is -2.21. The molecule has 0 heterocycles. The van der Waals surface area contributed by atoms with E-state index in [0.29, 0.717) is 22.9 Å². The average molecular weight is 420 g/mol. The van der Waals surface area contributed by atoms with Crippen molar-refractivity contribution in [3.8, 4) is 5.75 Å². The molecular formula is C23H30ClNO4. The van der Waals surface area contributed by atoms with Gasteiger partial charge in [-0.3, -0.25) is 4.79 Å². The van der Waals surface area contributed by atoms with E-state index in [9.17, 15) is 9.59 Å². The smallest absolute Gasteiger partial charge is 0.342 e. The normalized spacial score (nSPS) is 10.1. The van der Waals surface area contributed by atoms with Crippen molar-refractivity contribution in [2.75, 3.05) is 32.8 Å². The van der Waals surface area contributed by atoms with Crippen LogP contribution in [0.25, 0.3) is 0 Å². The van der Waals surface area contributed by atoms with E-state index in [-0.39, 0.29) is 18.0 Å². The van der Waals surface area contributed by atoms with Crippen LogP contribution in [0.15, 0.2) is 48.5 Å². The van der Waals surface area contributed by atoms with Crippen LogP contribution in [-0.4, -0.2) is 49.5 Å². The van der Waals surface area contributed by atoms with Crippen LogP contribution in [0.3, 0.4) is 0 Å². The Kier molecular flexibility index (Phi) is 11.7. The molecule has 2 aromatic carbocycles. The summed E-state index contributed by atoms with van der Waals surface area (Å²) >= 11 is 5.89. The Morgan fingerprint density at radius 1 is 0.931 bits per heavy atom. The van der Waals surface area contributed by atoms with Crippen LogP contribution in [0.2, 0.25) is 5.02 Å². The number of benzene rings is 2. The number of halogens is 1. The Labute approximate surface area is 178 Å². The van der Waals surface area contributed by atoms with Crippen molar-refractivity contribution in [1.29, 1.82) is 0 Å². The van der Waals surface area contributed by atoms with E-state index in [0.717, 1.165) is 0 Å². The maximum atomic E-state index is 12.1. The first kappa shape index (κ1) is 24.7. The first-order valence-corrected chi connectivity index (χ1v) is 10.2. The quantitative estimate of drug-likeness (QED) is 0.416. The molecule has 0 saturated heterocycles. The number of esters is 1. The van der Waals surface area contributed by atoms with E-state index in [1.807, 2.05) is 13.0 Å². The number of carbonyl (C=O) groups excluding carboxylic acids is 2. The van der Waals surface area contributed by atoms with Gasteiger partial charge in [-0.25, -0.2) is 4.79 Å². The number of hydrogen-bond acceptors (Lipinski definition) is 5. The standard InChI is InChI=1S/C17H15ClO4.C6H15N/c1-2-21-16-9-8-13(18)10-14(16)17(20)22-11-15(19)12-6-4-3-5-7-12;1-4-7(5-2)6-3/h3-10H,2,11H2,1H3;4-6H2,1-3H3. The molecular weight excluding hydrogens is 390 g/mol. The summed E-state index contributed by atoms with van der Waals surface area (Å²) in [7, 11) is 0. The number of rotatable bonds is 9. The fraction of sp³-hybridized carbons (Fsp3) is 0.391. The van der Waals surface area contributed by atoms with E-state index in [4.69, 9.17) is 21.1 Å². The summed E-state index contributed by atoms with van der Waals surface area (Å²) in [5.41, 5.74) is 0.696. The molecule has 158 valence electrons. The molecule has 0 atom stereocenters. The summed E-state index contributed by atoms with van der Waals surface area (Å²) < 4.78 is 10.4. The monoisotopic (exact) mass is 419 g/mol. The molecule has 0 N–H and O–H groups in total. The summed E-state index contributed by atoms with van der Waals surface area (Å²) in [5, 5.41) is 0.393. The van der Waals surface area contributed by atoms with Gasteiger partial charge in [-0.15, -0.1) is 0 Å². The number of ether oxygens (including phenoxy) is 2. The number of nitrogens with zero attached hydrogens (tertiary/aromatic N) is 1. The molecule has 5 nitrogen and oxygen atoms in total. The molecule has 2 aromatic rings. The Hall–Kier alpha value is -2.37. The minimum absolute atomic E-state index is 0.204. The fourth-order valence-electron chi connectivity index (χ4n) is 2.53. The first-order valence-electron chi connectivity index (χ1n) is 9.86. The van der Waals surface area contributed by atoms with E-state index >= 15 is 0 Å². The SMILES string of the molecule is CCN(CC)CC.CCOc1ccc(Cl)cc1C(=O)OCC(=O)c1ccccc1. The number of Topliss-reactive ketones (excluding diaryl/α,β-unsaturated/α-hetero) is 1. The average Bonchev–Trinajstić information content (AvgIpc) is 2.75. The Bertz CT molecular complexity index is 755. The van der Waals surface area contributed by atoms with Crippen molar-refractivity contribution < 1.29 is 19.1 Å². The third kappa shape index (κ3) is 8.67. The van der Waals surface area contributed by atoms with E-state index in [1.54, 1.807) is 36.4 Å². The highest BCUT2D eigenvalue weighted by Crippen LogP contribution is 2.23. The van der Waals surface area contributed by atoms with Crippen LogP contribution in [0.4, 0.5) is 0 Å². The fourth-order valence-corrected chi connectivity index (χ4v) is 2.70. The van der Waals surface area contributed by atoms with Gasteiger partial charge in [0.15, 0.2) is 12.4 Å². The molecule has 0 amide bonds. The Morgan fingerprint density at radius 3 is 2.07 bits per heavy atom. The van der Waals surface area contributed by atoms with Crippen molar-refractivity contribution in [3.05, 3.63) is 64.7 Å². The van der Waals surface area contributed by atoms with Gasteiger partial charge in [0.05, 0.1) is 6.61 Å². The lowest BCUT2D eigenvalue weighted by Gasteiger charge is -2.13. The minimum atomic E-state index is -0.643. The molecule has 0 aromatic heterocycles. The van der Waals surface area contributed by atoms with Crippen LogP contribution in [0, 0.1) is 0 Å². The van der Waals surface area contributed by atoms with Gasteiger partial charge >= 0.3 is 5.97 Å². The molecule has 29 heavy (non-hydrogen) atoms. The lowest BCUT2D eigenvalue weighted by molar-refractivity contribution is 0.0471. The number of ketones is 1. The highest BCUT2D eigenvalue weighted by molar-refractivity contribution is 6.31. The zero-order valence-electron chi connectivity index (χ0n) is 17.6. The highest BCUT2D eigenvalue weighted by Gasteiger charge is 2.16. The maximum Gasteiger partial charge on any atom is 0.342 e. The predicted octanol–water partition coefficient (Wildman–Crippen LogP) is 5.13. The van der Waals surface area contributed by atoms with Gasteiger partial charge in [0, 0.05) is 10.6 Å². The van der Waals surface area contributed by atoms with E-state index < -0.39 is 5.97 Å². The Morgan fingerprint density at radius 2 is 1.55 bits per heavy atom. The van der Waals surface area contributed by atoms with Gasteiger partial charge < -0.3 is 14.4 Å². The summed E-state index contributed by atoms with van der Waals surface area (Å²) in [6.07, 6.45) is 0. The van der Waals surface area contributed by atoms with Crippen molar-refractivity contribution in [1.82, 2.24) is 4.90 Å². The molecule has 0 fully saturated rings. The number of hydrogen-bond donors (Lipinski definition) is 0. The van der Waals surface area contributed by atoms with Crippen LogP contribution < -0.4 is 4.74 Å². The minimum Gasteiger partial charge on any atom is -0.493 e. The zero-order chi connectivity index (χ0) is 21.6. The molecule has 0 radical (unpaired) electrons. The molecule has 0 bridgehead atoms. The summed E-state index contributed by atoms with van der Waals surface area (Å²) in [5.74, 6) is -0.534. The van der Waals surface area contributed by atoms with Gasteiger partial charge in [0.25, 0.3) is 0 Å². The van der Waals surface area contributed by atoms with E-state index in [1.165, 1.54) is 25.7 Å². The summed E-state index contributed by atoms with van der Waals surface area (Å²) in [6, 6.07) is 13.3. The lowest BCUT2D eigenvalue weighted by atomic mass is 10.1.